The van der Waals surface area contributed by atoms with E-state index in [0.717, 1.165) is 62.0 Å². The molecule has 3 unspecified atom stereocenters. The number of aliphatic hydroxyl groups excluding tert-OH is 1. The predicted molar refractivity (Wildman–Crippen MR) is 145 cm³/mol. The lowest BCUT2D eigenvalue weighted by Gasteiger charge is -2.37. The van der Waals surface area contributed by atoms with Crippen LogP contribution in [-0.4, -0.2) is 85.7 Å². The zero-order valence-corrected chi connectivity index (χ0v) is 21.5. The maximum Gasteiger partial charge on any atom is 0.242 e. The van der Waals surface area contributed by atoms with Crippen molar-refractivity contribution >= 4 is 22.8 Å². The molecule has 0 aromatic carbocycles. The molecule has 0 radical (unpaired) electrons. The van der Waals surface area contributed by atoms with Gasteiger partial charge in [-0.25, -0.2) is 15.0 Å². The van der Waals surface area contributed by atoms with Gasteiger partial charge < -0.3 is 19.9 Å². The number of carbonyl (C=O) groups is 1. The maximum absolute atomic E-state index is 13.3. The summed E-state index contributed by atoms with van der Waals surface area (Å²) in [5.74, 6) is 2.49. The van der Waals surface area contributed by atoms with Crippen molar-refractivity contribution in [3.63, 3.8) is 0 Å². The Balaban J connectivity index is 1.20. The second-order valence-corrected chi connectivity index (χ2v) is 11.0. The van der Waals surface area contributed by atoms with Gasteiger partial charge in [-0.3, -0.25) is 9.69 Å². The van der Waals surface area contributed by atoms with E-state index in [4.69, 9.17) is 4.98 Å². The van der Waals surface area contributed by atoms with Crippen LogP contribution in [0.4, 0.5) is 5.82 Å². The van der Waals surface area contributed by atoms with Crippen LogP contribution in [-0.2, 0) is 11.3 Å². The number of rotatable bonds is 0. The number of allylic oxidation sites excluding steroid dienone is 1. The largest absolute Gasteiger partial charge is 0.390 e. The number of amides is 1. The van der Waals surface area contributed by atoms with Crippen molar-refractivity contribution in [2.24, 2.45) is 11.8 Å². The van der Waals surface area contributed by atoms with Gasteiger partial charge in [0.25, 0.3) is 0 Å². The molecule has 2 N–H and O–H groups in total. The van der Waals surface area contributed by atoms with Crippen LogP contribution < -0.4 is 5.32 Å². The average Bonchev–Trinajstić information content (AvgIpc) is 3.55. The molecule has 38 heavy (non-hydrogen) atoms. The topological polar surface area (TPSA) is 99.4 Å². The molecule has 3 atom stereocenters. The summed E-state index contributed by atoms with van der Waals surface area (Å²) in [6.07, 6.45) is 12.8. The molecule has 3 aromatic heterocycles. The van der Waals surface area contributed by atoms with Crippen LogP contribution in [0.5, 0.6) is 0 Å². The predicted octanol–water partition coefficient (Wildman–Crippen LogP) is 2.71. The van der Waals surface area contributed by atoms with E-state index < -0.39 is 6.10 Å². The summed E-state index contributed by atoms with van der Waals surface area (Å²) in [4.78, 5) is 31.5. The first-order valence-corrected chi connectivity index (χ1v) is 13.7. The van der Waals surface area contributed by atoms with Crippen molar-refractivity contribution in [3.8, 4) is 11.4 Å². The molecule has 1 amide bonds. The van der Waals surface area contributed by atoms with E-state index in [-0.39, 0.29) is 12.5 Å². The van der Waals surface area contributed by atoms with Crippen molar-refractivity contribution in [2.75, 3.05) is 44.6 Å². The molecule has 10 bridgehead atoms. The number of anilines is 1. The Morgan fingerprint density at radius 1 is 1.08 bits per heavy atom. The fraction of sp³-hybridized carbons (Fsp3) is 0.448. The van der Waals surface area contributed by atoms with E-state index in [9.17, 15) is 9.90 Å². The second kappa shape index (κ2) is 9.63. The van der Waals surface area contributed by atoms with Crippen molar-refractivity contribution in [2.45, 2.75) is 31.9 Å². The summed E-state index contributed by atoms with van der Waals surface area (Å²) in [7, 11) is 0. The number of hydrogen-bond donors (Lipinski definition) is 2. The van der Waals surface area contributed by atoms with Gasteiger partial charge in [0.05, 0.1) is 6.10 Å². The lowest BCUT2D eigenvalue weighted by Crippen LogP contribution is -2.42. The van der Waals surface area contributed by atoms with E-state index in [2.05, 4.69) is 32.3 Å². The zero-order valence-electron chi connectivity index (χ0n) is 21.5. The molecule has 3 aromatic rings. The third kappa shape index (κ3) is 4.39. The minimum atomic E-state index is -0.501. The summed E-state index contributed by atoms with van der Waals surface area (Å²) < 4.78 is 1.93. The fourth-order valence-corrected chi connectivity index (χ4v) is 6.58. The van der Waals surface area contributed by atoms with E-state index in [1.54, 1.807) is 18.0 Å². The number of aliphatic hydroxyl groups is 1. The zero-order chi connectivity index (χ0) is 25.6. The summed E-state index contributed by atoms with van der Waals surface area (Å²) in [6.45, 7) is 4.80. The van der Waals surface area contributed by atoms with Crippen molar-refractivity contribution in [1.82, 2.24) is 29.3 Å². The van der Waals surface area contributed by atoms with Gasteiger partial charge in [-0.2, -0.15) is 0 Å². The summed E-state index contributed by atoms with van der Waals surface area (Å²) in [6, 6.07) is 5.75. The highest BCUT2D eigenvalue weighted by molar-refractivity contribution is 5.81. The number of fused-ring (bicyclic) bond motifs is 1. The van der Waals surface area contributed by atoms with Gasteiger partial charge in [-0.15, -0.1) is 0 Å². The number of pyridine rings is 1. The van der Waals surface area contributed by atoms with E-state index in [0.29, 0.717) is 36.6 Å². The molecule has 6 aliphatic rings. The lowest BCUT2D eigenvalue weighted by atomic mass is 9.79. The Hall–Kier alpha value is -3.56. The highest BCUT2D eigenvalue weighted by Crippen LogP contribution is 2.40. The second-order valence-electron chi connectivity index (χ2n) is 11.0. The molecule has 1 fully saturated rings. The number of nitrogens with one attached hydrogen (secondary N) is 1. The van der Waals surface area contributed by atoms with Gasteiger partial charge in [0.2, 0.25) is 5.91 Å². The third-order valence-electron chi connectivity index (χ3n) is 8.62. The number of carbonyl (C=O) groups excluding carboxylic acids is 1. The van der Waals surface area contributed by atoms with Gasteiger partial charge in [0.15, 0.2) is 5.82 Å². The van der Waals surface area contributed by atoms with Crippen LogP contribution in [0.1, 0.15) is 19.3 Å². The molecule has 0 saturated carbocycles. The first-order valence-electron chi connectivity index (χ1n) is 13.7. The molecule has 9 rings (SSSR count). The SMILES string of the molecule is O=C1Cn2ccc3cnc(nc32)-c2ccnc(c2)NCC(O)CN2CCC3=C(C=CC3C3CCN1CC3)C2. The minimum Gasteiger partial charge on any atom is -0.390 e. The molecular formula is C29H33N7O2. The van der Waals surface area contributed by atoms with Gasteiger partial charge >= 0.3 is 0 Å². The summed E-state index contributed by atoms with van der Waals surface area (Å²) in [5.41, 5.74) is 4.59. The molecule has 1 saturated heterocycles. The highest BCUT2D eigenvalue weighted by atomic mass is 16.3. The van der Waals surface area contributed by atoms with E-state index in [1.807, 2.05) is 33.9 Å². The molecule has 196 valence electrons. The average molecular weight is 512 g/mol. The number of piperidine rings is 1. The van der Waals surface area contributed by atoms with Crippen LogP contribution in [0, 0.1) is 11.8 Å². The highest BCUT2D eigenvalue weighted by Gasteiger charge is 2.34. The molecule has 0 spiro atoms. The normalized spacial score (nSPS) is 27.6. The smallest absolute Gasteiger partial charge is 0.242 e. The van der Waals surface area contributed by atoms with E-state index >= 15 is 0 Å². The number of hydrogen-bond acceptors (Lipinski definition) is 7. The van der Waals surface area contributed by atoms with Crippen molar-refractivity contribution in [3.05, 3.63) is 60.1 Å². The lowest BCUT2D eigenvalue weighted by molar-refractivity contribution is -0.133. The Morgan fingerprint density at radius 2 is 1.97 bits per heavy atom. The molecule has 9 nitrogen and oxygen atoms in total. The van der Waals surface area contributed by atoms with Crippen molar-refractivity contribution < 1.29 is 9.90 Å². The number of aromatic nitrogens is 4. The molecular weight excluding hydrogens is 478 g/mol. The first-order chi connectivity index (χ1) is 18.6. The van der Waals surface area contributed by atoms with Crippen LogP contribution in [0.25, 0.3) is 22.4 Å². The van der Waals surface area contributed by atoms with E-state index in [1.165, 1.54) is 5.57 Å². The Morgan fingerprint density at radius 3 is 2.87 bits per heavy atom. The van der Waals surface area contributed by atoms with Crippen LogP contribution >= 0.6 is 0 Å². The first kappa shape index (κ1) is 23.5. The number of nitrogens with zero attached hydrogens (tertiary/aromatic N) is 6. The molecule has 5 aliphatic heterocycles. The van der Waals surface area contributed by atoms with Crippen LogP contribution in [0.2, 0.25) is 0 Å². The van der Waals surface area contributed by atoms with Gasteiger partial charge in [0, 0.05) is 74.7 Å². The Labute approximate surface area is 221 Å². The van der Waals surface area contributed by atoms with Crippen LogP contribution in [0.3, 0.4) is 0 Å². The minimum absolute atomic E-state index is 0.146. The van der Waals surface area contributed by atoms with Crippen LogP contribution in [0.15, 0.2) is 60.1 Å². The van der Waals surface area contributed by atoms with Gasteiger partial charge in [-0.05, 0) is 49.0 Å². The summed E-state index contributed by atoms with van der Waals surface area (Å²) >= 11 is 0. The Bertz CT molecular complexity index is 1440. The Kier molecular flexibility index (Phi) is 5.97. The van der Waals surface area contributed by atoms with Gasteiger partial charge in [-0.1, -0.05) is 17.7 Å². The standard InChI is InChI=1S/C29H33N7O2/c37-23-15-31-26-13-20(3-8-30-26)28-32-14-21-6-12-36(29(21)33-28)18-27(38)35-10-4-19(5-11-35)24-2-1-22-16-34(17-23)9-7-25(22)24/h1-3,6,8,12-14,19,23-24,37H,4-5,7,9-11,15-18H2,(H,30,31). The quantitative estimate of drug-likeness (QED) is 0.479. The van der Waals surface area contributed by atoms with Gasteiger partial charge in [0.1, 0.15) is 18.0 Å². The molecule has 9 heteroatoms. The summed E-state index contributed by atoms with van der Waals surface area (Å²) in [5, 5.41) is 15.0. The fourth-order valence-electron chi connectivity index (χ4n) is 6.58. The maximum atomic E-state index is 13.3. The monoisotopic (exact) mass is 511 g/mol. The van der Waals surface area contributed by atoms with Crippen molar-refractivity contribution in [1.29, 1.82) is 0 Å². The molecule has 1 aliphatic carbocycles. The molecule has 8 heterocycles. The third-order valence-corrected chi connectivity index (χ3v) is 8.62.